The van der Waals surface area contributed by atoms with E-state index in [2.05, 4.69) is 5.32 Å². The first-order valence-corrected chi connectivity index (χ1v) is 5.68. The van der Waals surface area contributed by atoms with Gasteiger partial charge in [0.25, 0.3) is 0 Å². The Morgan fingerprint density at radius 2 is 1.56 bits per heavy atom. The topological polar surface area (TPSA) is 90.9 Å². The molecule has 0 aromatic rings. The van der Waals surface area contributed by atoms with Crippen LogP contribution in [0.1, 0.15) is 20.3 Å². The maximum absolute atomic E-state index is 11.5. The van der Waals surface area contributed by atoms with E-state index in [0.29, 0.717) is 0 Å². The maximum Gasteiger partial charge on any atom is 0.340 e. The summed E-state index contributed by atoms with van der Waals surface area (Å²) in [5.41, 5.74) is 0. The minimum Gasteiger partial charge on any atom is -0.464 e. The molecule has 0 aliphatic carbocycles. The van der Waals surface area contributed by atoms with Crippen LogP contribution in [0.4, 0.5) is 0 Å². The van der Waals surface area contributed by atoms with Crippen molar-refractivity contribution < 1.29 is 28.6 Å². The summed E-state index contributed by atoms with van der Waals surface area (Å²) in [5.74, 6) is -2.15. The van der Waals surface area contributed by atoms with Crippen molar-refractivity contribution in [2.75, 3.05) is 26.9 Å². The van der Waals surface area contributed by atoms with Gasteiger partial charge >= 0.3 is 11.9 Å². The second kappa shape index (κ2) is 9.41. The molecule has 0 aliphatic rings. The number of methoxy groups -OCH3 is 1. The van der Waals surface area contributed by atoms with Gasteiger partial charge in [0.05, 0.1) is 19.8 Å². The van der Waals surface area contributed by atoms with Gasteiger partial charge in [0.1, 0.15) is 0 Å². The van der Waals surface area contributed by atoms with Gasteiger partial charge in [-0.3, -0.25) is 4.79 Å². The van der Waals surface area contributed by atoms with Gasteiger partial charge in [0.15, 0.2) is 0 Å². The van der Waals surface area contributed by atoms with Crippen molar-refractivity contribution in [2.45, 2.75) is 26.3 Å². The van der Waals surface area contributed by atoms with Crippen LogP contribution in [0.2, 0.25) is 0 Å². The normalized spacial score (nSPS) is 10.0. The zero-order chi connectivity index (χ0) is 14.0. The van der Waals surface area contributed by atoms with Crippen LogP contribution in [0.15, 0.2) is 0 Å². The smallest absolute Gasteiger partial charge is 0.340 e. The van der Waals surface area contributed by atoms with Gasteiger partial charge < -0.3 is 19.5 Å². The second-order valence-electron chi connectivity index (χ2n) is 3.25. The average molecular weight is 261 g/mol. The first-order valence-electron chi connectivity index (χ1n) is 5.68. The molecule has 0 aromatic carbocycles. The fraction of sp³-hybridized carbons (Fsp3) is 0.727. The van der Waals surface area contributed by atoms with Crippen molar-refractivity contribution in [1.82, 2.24) is 5.32 Å². The maximum atomic E-state index is 11.5. The van der Waals surface area contributed by atoms with Crippen LogP contribution < -0.4 is 5.32 Å². The van der Waals surface area contributed by atoms with E-state index in [4.69, 9.17) is 14.2 Å². The molecule has 1 amide bonds. The summed E-state index contributed by atoms with van der Waals surface area (Å²) in [6, 6.07) is -1.42. The zero-order valence-corrected chi connectivity index (χ0v) is 10.9. The molecule has 0 spiro atoms. The number of carbonyl (C=O) groups excluding carboxylic acids is 3. The molecule has 18 heavy (non-hydrogen) atoms. The fourth-order valence-electron chi connectivity index (χ4n) is 1.09. The van der Waals surface area contributed by atoms with Crippen molar-refractivity contribution in [2.24, 2.45) is 0 Å². The molecule has 0 saturated carbocycles. The molecule has 104 valence electrons. The number of esters is 2. The summed E-state index contributed by atoms with van der Waals surface area (Å²) in [5, 5.41) is 2.25. The highest BCUT2D eigenvalue weighted by atomic mass is 16.6. The molecule has 0 radical (unpaired) electrons. The number of hydrogen-bond acceptors (Lipinski definition) is 6. The summed E-state index contributed by atoms with van der Waals surface area (Å²) < 4.78 is 14.1. The minimum atomic E-state index is -1.42. The van der Waals surface area contributed by atoms with Crippen molar-refractivity contribution in [1.29, 1.82) is 0 Å². The molecule has 0 rings (SSSR count). The summed E-state index contributed by atoms with van der Waals surface area (Å²) in [4.78, 5) is 34.4. The summed E-state index contributed by atoms with van der Waals surface area (Å²) >= 11 is 0. The average Bonchev–Trinajstić information content (AvgIpc) is 2.33. The Bertz CT molecular complexity index is 273. The van der Waals surface area contributed by atoms with E-state index < -0.39 is 23.9 Å². The van der Waals surface area contributed by atoms with Gasteiger partial charge in [-0.15, -0.1) is 0 Å². The third-order valence-corrected chi connectivity index (χ3v) is 1.88. The monoisotopic (exact) mass is 261 g/mol. The SMILES string of the molecule is CCOC(=O)C(NC(=O)CCOC)C(=O)OCC. The van der Waals surface area contributed by atoms with Crippen molar-refractivity contribution in [3.8, 4) is 0 Å². The highest BCUT2D eigenvalue weighted by molar-refractivity contribution is 6.02. The van der Waals surface area contributed by atoms with E-state index in [1.165, 1.54) is 7.11 Å². The predicted octanol–water partition coefficient (Wildman–Crippen LogP) is -0.366. The van der Waals surface area contributed by atoms with Crippen LogP contribution in [0.5, 0.6) is 0 Å². The second-order valence-corrected chi connectivity index (χ2v) is 3.25. The number of hydrogen-bond donors (Lipinski definition) is 1. The lowest BCUT2D eigenvalue weighted by molar-refractivity contribution is -0.159. The summed E-state index contributed by atoms with van der Waals surface area (Å²) in [6.07, 6.45) is 0.0474. The van der Waals surface area contributed by atoms with Crippen LogP contribution in [0.3, 0.4) is 0 Å². The van der Waals surface area contributed by atoms with Crippen molar-refractivity contribution in [3.05, 3.63) is 0 Å². The van der Waals surface area contributed by atoms with Gasteiger partial charge in [-0.2, -0.15) is 0 Å². The first-order chi connectivity index (χ1) is 8.56. The van der Waals surface area contributed by atoms with E-state index >= 15 is 0 Å². The van der Waals surface area contributed by atoms with Crippen LogP contribution >= 0.6 is 0 Å². The van der Waals surface area contributed by atoms with Gasteiger partial charge in [-0.25, -0.2) is 9.59 Å². The Hall–Kier alpha value is -1.63. The molecule has 0 atom stereocenters. The molecule has 0 aromatic heterocycles. The fourth-order valence-corrected chi connectivity index (χ4v) is 1.09. The van der Waals surface area contributed by atoms with E-state index in [-0.39, 0.29) is 26.2 Å². The van der Waals surface area contributed by atoms with Crippen LogP contribution in [0.25, 0.3) is 0 Å². The molecule has 0 fully saturated rings. The summed E-state index contributed by atoms with van der Waals surface area (Å²) in [6.45, 7) is 3.63. The number of nitrogens with one attached hydrogen (secondary N) is 1. The van der Waals surface area contributed by atoms with Gasteiger partial charge in [0.2, 0.25) is 11.9 Å². The quantitative estimate of drug-likeness (QED) is 0.473. The highest BCUT2D eigenvalue weighted by Gasteiger charge is 2.30. The van der Waals surface area contributed by atoms with Gasteiger partial charge in [-0.1, -0.05) is 0 Å². The molecular weight excluding hydrogens is 242 g/mol. The van der Waals surface area contributed by atoms with E-state index in [1.54, 1.807) is 13.8 Å². The standard InChI is InChI=1S/C11H19NO6/c1-4-17-10(14)9(11(15)18-5-2)12-8(13)6-7-16-3/h9H,4-7H2,1-3H3,(H,12,13). The molecule has 0 unspecified atom stereocenters. The lowest BCUT2D eigenvalue weighted by Crippen LogP contribution is -2.48. The Kier molecular flexibility index (Phi) is 8.55. The third kappa shape index (κ3) is 6.19. The molecule has 0 aliphatic heterocycles. The number of amides is 1. The van der Waals surface area contributed by atoms with E-state index in [1.807, 2.05) is 0 Å². The Labute approximate surface area is 106 Å². The third-order valence-electron chi connectivity index (χ3n) is 1.88. The van der Waals surface area contributed by atoms with Crippen LogP contribution in [-0.4, -0.2) is 50.8 Å². The molecule has 1 N–H and O–H groups in total. The zero-order valence-electron chi connectivity index (χ0n) is 10.9. The van der Waals surface area contributed by atoms with E-state index in [9.17, 15) is 14.4 Å². The Balaban J connectivity index is 4.51. The van der Waals surface area contributed by atoms with Crippen molar-refractivity contribution >= 4 is 17.8 Å². The van der Waals surface area contributed by atoms with Gasteiger partial charge in [0, 0.05) is 13.5 Å². The largest absolute Gasteiger partial charge is 0.464 e. The van der Waals surface area contributed by atoms with Gasteiger partial charge in [-0.05, 0) is 13.8 Å². The Morgan fingerprint density at radius 1 is 1.06 bits per heavy atom. The van der Waals surface area contributed by atoms with Crippen LogP contribution in [-0.2, 0) is 28.6 Å². The number of ether oxygens (including phenoxy) is 3. The van der Waals surface area contributed by atoms with E-state index in [0.717, 1.165) is 0 Å². The number of carbonyl (C=O) groups is 3. The predicted molar refractivity (Wildman–Crippen MR) is 61.7 cm³/mol. The molecule has 7 heteroatoms. The molecule has 0 heterocycles. The highest BCUT2D eigenvalue weighted by Crippen LogP contribution is 1.96. The minimum absolute atomic E-state index is 0.0474. The Morgan fingerprint density at radius 3 is 1.94 bits per heavy atom. The first kappa shape index (κ1) is 16.4. The molecule has 0 bridgehead atoms. The van der Waals surface area contributed by atoms with Crippen LogP contribution in [0, 0.1) is 0 Å². The lowest BCUT2D eigenvalue weighted by Gasteiger charge is -2.15. The van der Waals surface area contributed by atoms with Crippen molar-refractivity contribution in [3.63, 3.8) is 0 Å². The molecular formula is C11H19NO6. The number of rotatable bonds is 8. The summed E-state index contributed by atoms with van der Waals surface area (Å²) in [7, 11) is 1.45. The molecule has 0 saturated heterocycles. The molecule has 7 nitrogen and oxygen atoms in total. The lowest BCUT2D eigenvalue weighted by atomic mass is 10.3.